The number of pyridine rings is 1. The second-order valence-electron chi connectivity index (χ2n) is 10.6. The Kier molecular flexibility index (Phi) is 8.42. The van der Waals surface area contributed by atoms with Gasteiger partial charge in [0.25, 0.3) is 5.91 Å². The zero-order valence-corrected chi connectivity index (χ0v) is 23.7. The Morgan fingerprint density at radius 1 is 0.909 bits per heavy atom. The molecule has 224 valence electrons. The molecular weight excluding hydrogens is 567 g/mol. The van der Waals surface area contributed by atoms with Crippen LogP contribution in [0.25, 0.3) is 11.1 Å². The third kappa shape index (κ3) is 6.50. The number of alkyl halides is 3. The first kappa shape index (κ1) is 29.1. The van der Waals surface area contributed by atoms with E-state index in [-0.39, 0.29) is 17.5 Å². The Morgan fingerprint density at radius 2 is 1.70 bits per heavy atom. The Bertz CT molecular complexity index is 1740. The Hall–Kier alpha value is -4.96. The fraction of sp³-hybridized carbons (Fsp3) is 0.206. The van der Waals surface area contributed by atoms with Gasteiger partial charge in [0, 0.05) is 56.3 Å². The molecule has 0 radical (unpaired) electrons. The summed E-state index contributed by atoms with van der Waals surface area (Å²) in [5.41, 5.74) is 4.29. The van der Waals surface area contributed by atoms with Crippen molar-refractivity contribution in [2.45, 2.75) is 38.3 Å². The summed E-state index contributed by atoms with van der Waals surface area (Å²) < 4.78 is 48.5. The summed E-state index contributed by atoms with van der Waals surface area (Å²) in [5.74, 6) is 0.384. The van der Waals surface area contributed by atoms with E-state index >= 15 is 0 Å². The first-order valence-corrected chi connectivity index (χ1v) is 14.3. The molecule has 1 aliphatic rings. The van der Waals surface area contributed by atoms with E-state index in [1.54, 1.807) is 49.2 Å². The molecule has 0 aliphatic carbocycles. The maximum absolute atomic E-state index is 13.5. The van der Waals surface area contributed by atoms with Crippen LogP contribution < -0.4 is 15.4 Å². The third-order valence-electron chi connectivity index (χ3n) is 7.70. The maximum Gasteiger partial charge on any atom is 0.417 e. The first-order valence-electron chi connectivity index (χ1n) is 14.3. The number of hydrogen-bond acceptors (Lipinski definition) is 5. The van der Waals surface area contributed by atoms with Crippen molar-refractivity contribution in [1.82, 2.24) is 25.2 Å². The minimum Gasteiger partial charge on any atom is -0.492 e. The average molecular weight is 598 g/mol. The van der Waals surface area contributed by atoms with Crippen molar-refractivity contribution in [3.8, 4) is 16.9 Å². The van der Waals surface area contributed by atoms with Gasteiger partial charge in [-0.15, -0.1) is 0 Å². The van der Waals surface area contributed by atoms with Crippen LogP contribution in [0.5, 0.6) is 5.75 Å². The molecular formula is C34H30F3N5O2. The zero-order valence-electron chi connectivity index (χ0n) is 23.7. The molecule has 10 heteroatoms. The fourth-order valence-corrected chi connectivity index (χ4v) is 5.43. The number of halogens is 3. The number of aromatic nitrogens is 3. The second-order valence-corrected chi connectivity index (χ2v) is 10.6. The van der Waals surface area contributed by atoms with Gasteiger partial charge < -0.3 is 19.9 Å². The molecule has 0 bridgehead atoms. The standard InChI is InChI=1S/C34H30F3N5O2/c35-34(36,37)30-7-2-1-4-27(30)25-10-8-24(9-11-25)21-42-22-39-19-26(42)20-40-31-14-17-44-32-28(31)5-3-6-29(32)33(43)41-18-23-12-15-38-16-13-23/h1-13,15-16,19,22,31,40H,14,17-18,20-21H2,(H,41,43). The number of benzene rings is 3. The van der Waals surface area contributed by atoms with E-state index in [0.29, 0.717) is 43.1 Å². The first-order chi connectivity index (χ1) is 21.4. The van der Waals surface area contributed by atoms with Gasteiger partial charge >= 0.3 is 6.18 Å². The van der Waals surface area contributed by atoms with Gasteiger partial charge in [-0.1, -0.05) is 54.6 Å². The number of fused-ring (bicyclic) bond motifs is 1. The lowest BCUT2D eigenvalue weighted by Gasteiger charge is -2.28. The van der Waals surface area contributed by atoms with Crippen LogP contribution in [0.2, 0.25) is 0 Å². The lowest BCUT2D eigenvalue weighted by atomic mass is 9.97. The number of carbonyl (C=O) groups is 1. The Balaban J connectivity index is 1.11. The van der Waals surface area contributed by atoms with Crippen LogP contribution in [0, 0.1) is 0 Å². The van der Waals surface area contributed by atoms with Crippen molar-refractivity contribution in [2.75, 3.05) is 6.61 Å². The van der Waals surface area contributed by atoms with Gasteiger partial charge in [0.15, 0.2) is 0 Å². The van der Waals surface area contributed by atoms with E-state index < -0.39 is 11.7 Å². The minimum absolute atomic E-state index is 0.0250. The number of nitrogens with one attached hydrogen (secondary N) is 2. The molecule has 1 amide bonds. The van der Waals surface area contributed by atoms with Crippen molar-refractivity contribution in [3.63, 3.8) is 0 Å². The van der Waals surface area contributed by atoms with E-state index in [0.717, 1.165) is 34.9 Å². The van der Waals surface area contributed by atoms with E-state index in [9.17, 15) is 18.0 Å². The summed E-state index contributed by atoms with van der Waals surface area (Å²) in [6.07, 6.45) is 3.23. The van der Waals surface area contributed by atoms with Crippen LogP contribution in [0.3, 0.4) is 0 Å². The normalized spacial score (nSPS) is 14.5. The minimum atomic E-state index is -4.42. The zero-order chi connectivity index (χ0) is 30.5. The van der Waals surface area contributed by atoms with Gasteiger partial charge in [-0.2, -0.15) is 13.2 Å². The predicted octanol–water partition coefficient (Wildman–Crippen LogP) is 6.56. The average Bonchev–Trinajstić information content (AvgIpc) is 3.49. The molecule has 44 heavy (non-hydrogen) atoms. The van der Waals surface area contributed by atoms with E-state index in [2.05, 4.69) is 20.6 Å². The second kappa shape index (κ2) is 12.7. The van der Waals surface area contributed by atoms with Gasteiger partial charge in [-0.3, -0.25) is 9.78 Å². The quantitative estimate of drug-likeness (QED) is 0.201. The molecule has 0 saturated carbocycles. The molecule has 1 aliphatic heterocycles. The van der Waals surface area contributed by atoms with Crippen molar-refractivity contribution in [3.05, 3.63) is 137 Å². The summed E-state index contributed by atoms with van der Waals surface area (Å²) in [5, 5.41) is 6.55. The number of hydrogen-bond donors (Lipinski definition) is 2. The Labute approximate surface area is 252 Å². The molecule has 0 fully saturated rings. The van der Waals surface area contributed by atoms with Crippen LogP contribution in [0.4, 0.5) is 13.2 Å². The highest BCUT2D eigenvalue weighted by atomic mass is 19.4. The van der Waals surface area contributed by atoms with Crippen molar-refractivity contribution < 1.29 is 22.7 Å². The van der Waals surface area contributed by atoms with Crippen LogP contribution >= 0.6 is 0 Å². The molecule has 1 unspecified atom stereocenters. The van der Waals surface area contributed by atoms with Crippen LogP contribution in [-0.2, 0) is 25.8 Å². The van der Waals surface area contributed by atoms with Gasteiger partial charge in [0.05, 0.1) is 29.8 Å². The predicted molar refractivity (Wildman–Crippen MR) is 160 cm³/mol. The lowest BCUT2D eigenvalue weighted by Crippen LogP contribution is -2.30. The summed E-state index contributed by atoms with van der Waals surface area (Å²) in [6, 6.07) is 22.0. The number of nitrogens with zero attached hydrogens (tertiary/aromatic N) is 3. The number of ether oxygens (including phenoxy) is 1. The molecule has 0 spiro atoms. The topological polar surface area (TPSA) is 81.1 Å². The highest BCUT2D eigenvalue weighted by Crippen LogP contribution is 2.37. The van der Waals surface area contributed by atoms with Gasteiger partial charge in [-0.05, 0) is 46.5 Å². The van der Waals surface area contributed by atoms with E-state index in [1.807, 2.05) is 41.0 Å². The number of carbonyl (C=O) groups excluding carboxylic acids is 1. The summed E-state index contributed by atoms with van der Waals surface area (Å²) in [4.78, 5) is 21.4. The van der Waals surface area contributed by atoms with E-state index in [4.69, 9.17) is 4.74 Å². The maximum atomic E-state index is 13.5. The smallest absolute Gasteiger partial charge is 0.417 e. The molecule has 0 saturated heterocycles. The molecule has 1 atom stereocenters. The molecule has 3 aromatic carbocycles. The van der Waals surface area contributed by atoms with E-state index in [1.165, 1.54) is 12.1 Å². The summed E-state index contributed by atoms with van der Waals surface area (Å²) in [6.45, 7) is 1.91. The number of amides is 1. The highest BCUT2D eigenvalue weighted by Gasteiger charge is 2.33. The van der Waals surface area contributed by atoms with Gasteiger partial charge in [-0.25, -0.2) is 4.98 Å². The van der Waals surface area contributed by atoms with Crippen LogP contribution in [0.1, 0.15) is 50.8 Å². The molecule has 5 aromatic rings. The monoisotopic (exact) mass is 597 g/mol. The summed E-state index contributed by atoms with van der Waals surface area (Å²) >= 11 is 0. The molecule has 6 rings (SSSR count). The van der Waals surface area contributed by atoms with Crippen molar-refractivity contribution in [1.29, 1.82) is 0 Å². The van der Waals surface area contributed by atoms with Crippen LogP contribution in [0.15, 0.2) is 104 Å². The third-order valence-corrected chi connectivity index (χ3v) is 7.70. The van der Waals surface area contributed by atoms with Gasteiger partial charge in [0.2, 0.25) is 0 Å². The number of para-hydroxylation sites is 1. The number of rotatable bonds is 9. The van der Waals surface area contributed by atoms with Crippen LogP contribution in [-0.4, -0.2) is 27.0 Å². The SMILES string of the molecule is O=C(NCc1ccncc1)c1cccc2c1OCCC2NCc1cncn1Cc1ccc(-c2ccccc2C(F)(F)F)cc1. The fourth-order valence-electron chi connectivity index (χ4n) is 5.43. The molecule has 2 aromatic heterocycles. The van der Waals surface area contributed by atoms with Gasteiger partial charge in [0.1, 0.15) is 5.75 Å². The molecule has 7 nitrogen and oxygen atoms in total. The molecule has 3 heterocycles. The number of imidazole rings is 1. The van der Waals surface area contributed by atoms with Crippen molar-refractivity contribution in [2.24, 2.45) is 0 Å². The Morgan fingerprint density at radius 3 is 2.50 bits per heavy atom. The van der Waals surface area contributed by atoms with Crippen molar-refractivity contribution >= 4 is 5.91 Å². The molecule has 2 N–H and O–H groups in total. The highest BCUT2D eigenvalue weighted by molar-refractivity contribution is 5.97. The summed E-state index contributed by atoms with van der Waals surface area (Å²) in [7, 11) is 0. The largest absolute Gasteiger partial charge is 0.492 e. The lowest BCUT2D eigenvalue weighted by molar-refractivity contribution is -0.137.